The van der Waals surface area contributed by atoms with Crippen LogP contribution < -0.4 is 4.74 Å². The molecule has 0 aliphatic heterocycles. The van der Waals surface area contributed by atoms with Crippen molar-refractivity contribution in [1.29, 1.82) is 0 Å². The largest absolute Gasteiger partial charge is 0.508 e. The minimum Gasteiger partial charge on any atom is -0.508 e. The lowest BCUT2D eigenvalue weighted by Crippen LogP contribution is -1.98. The quantitative estimate of drug-likeness (QED) is 0.858. The second-order valence-electron chi connectivity index (χ2n) is 3.13. The van der Waals surface area contributed by atoms with Crippen LogP contribution in [0.4, 0.5) is 4.39 Å². The van der Waals surface area contributed by atoms with E-state index in [4.69, 9.17) is 9.84 Å². The maximum Gasteiger partial charge on any atom is 0.132 e. The maximum absolute atomic E-state index is 12.9. The van der Waals surface area contributed by atoms with E-state index in [1.54, 1.807) is 18.6 Å². The van der Waals surface area contributed by atoms with Gasteiger partial charge in [-0.15, -0.1) is 0 Å². The molecule has 0 amide bonds. The van der Waals surface area contributed by atoms with Gasteiger partial charge in [-0.05, 0) is 0 Å². The Morgan fingerprint density at radius 3 is 2.81 bits per heavy atom. The molecule has 0 fully saturated rings. The topological polar surface area (TPSA) is 55.2 Å². The van der Waals surface area contributed by atoms with Crippen molar-refractivity contribution in [3.63, 3.8) is 0 Å². The molecular weight excluding hydrogens is 211 g/mol. The van der Waals surface area contributed by atoms with Crippen LogP contribution in [0.5, 0.6) is 11.5 Å². The number of aromatic hydroxyl groups is 1. The fraction of sp³-hybridized carbons (Fsp3) is 0.0909. The van der Waals surface area contributed by atoms with Crippen LogP contribution in [0.3, 0.4) is 0 Å². The van der Waals surface area contributed by atoms with E-state index < -0.39 is 5.82 Å². The minimum absolute atomic E-state index is 0.172. The molecule has 1 aromatic heterocycles. The van der Waals surface area contributed by atoms with Crippen molar-refractivity contribution in [2.75, 3.05) is 0 Å². The molecule has 0 bridgehead atoms. The number of aromatic nitrogens is 2. The molecule has 82 valence electrons. The fourth-order valence-electron chi connectivity index (χ4n) is 1.19. The molecule has 0 unspecified atom stereocenters. The first-order chi connectivity index (χ1) is 7.74. The number of phenols is 1. The van der Waals surface area contributed by atoms with Crippen molar-refractivity contribution in [2.45, 2.75) is 6.61 Å². The lowest BCUT2D eigenvalue weighted by Gasteiger charge is -2.05. The molecule has 5 heteroatoms. The van der Waals surface area contributed by atoms with Crippen molar-refractivity contribution < 1.29 is 14.2 Å². The predicted octanol–water partition coefficient (Wildman–Crippen LogP) is 1.90. The summed E-state index contributed by atoms with van der Waals surface area (Å²) in [6, 6.07) is 3.53. The summed E-state index contributed by atoms with van der Waals surface area (Å²) in [5.41, 5.74) is 0.631. The molecule has 0 radical (unpaired) electrons. The second kappa shape index (κ2) is 4.57. The monoisotopic (exact) mass is 220 g/mol. The minimum atomic E-state index is -0.547. The van der Waals surface area contributed by atoms with E-state index in [9.17, 15) is 4.39 Å². The van der Waals surface area contributed by atoms with Crippen LogP contribution in [0, 0.1) is 5.82 Å². The molecule has 0 saturated carbocycles. The number of benzene rings is 1. The molecule has 0 atom stereocenters. The van der Waals surface area contributed by atoms with Crippen molar-refractivity contribution in [3.8, 4) is 11.5 Å². The molecule has 1 aromatic carbocycles. The molecule has 1 heterocycles. The Kier molecular flexibility index (Phi) is 2.95. The average molecular weight is 220 g/mol. The van der Waals surface area contributed by atoms with Crippen molar-refractivity contribution in [1.82, 2.24) is 9.97 Å². The Labute approximate surface area is 91.4 Å². The van der Waals surface area contributed by atoms with Gasteiger partial charge in [-0.1, -0.05) is 0 Å². The summed E-state index contributed by atoms with van der Waals surface area (Å²) in [4.78, 5) is 7.86. The third kappa shape index (κ3) is 2.66. The average Bonchev–Trinajstić information content (AvgIpc) is 2.27. The molecule has 2 rings (SSSR count). The first kappa shape index (κ1) is 10.4. The third-order valence-electron chi connectivity index (χ3n) is 1.86. The first-order valence-electron chi connectivity index (χ1n) is 4.61. The lowest BCUT2D eigenvalue weighted by molar-refractivity contribution is 0.297. The van der Waals surface area contributed by atoms with Gasteiger partial charge in [0.2, 0.25) is 0 Å². The van der Waals surface area contributed by atoms with E-state index >= 15 is 0 Å². The van der Waals surface area contributed by atoms with Gasteiger partial charge in [0.1, 0.15) is 23.9 Å². The molecule has 0 aliphatic carbocycles. The van der Waals surface area contributed by atoms with Gasteiger partial charge in [-0.3, -0.25) is 9.97 Å². The van der Waals surface area contributed by atoms with Gasteiger partial charge >= 0.3 is 0 Å². The van der Waals surface area contributed by atoms with Gasteiger partial charge < -0.3 is 9.84 Å². The van der Waals surface area contributed by atoms with E-state index in [1.165, 1.54) is 12.1 Å². The van der Waals surface area contributed by atoms with Crippen molar-refractivity contribution in [2.24, 2.45) is 0 Å². The summed E-state index contributed by atoms with van der Waals surface area (Å²) >= 11 is 0. The number of ether oxygens (including phenoxy) is 1. The van der Waals surface area contributed by atoms with Crippen LogP contribution in [0.25, 0.3) is 0 Å². The molecule has 16 heavy (non-hydrogen) atoms. The van der Waals surface area contributed by atoms with Crippen LogP contribution in [-0.4, -0.2) is 15.1 Å². The molecule has 0 spiro atoms. The van der Waals surface area contributed by atoms with Gasteiger partial charge in [0.25, 0.3) is 0 Å². The standard InChI is InChI=1S/C11H9FN2O2/c12-8-3-10(15)5-11(4-8)16-7-9-6-13-1-2-14-9/h1-6,15H,7H2. The molecule has 4 nitrogen and oxygen atoms in total. The van der Waals surface area contributed by atoms with Gasteiger partial charge in [0, 0.05) is 30.6 Å². The van der Waals surface area contributed by atoms with Crippen LogP contribution in [-0.2, 0) is 6.61 Å². The summed E-state index contributed by atoms with van der Waals surface area (Å²) in [5.74, 6) is -0.466. The molecule has 0 aliphatic rings. The maximum atomic E-state index is 12.9. The van der Waals surface area contributed by atoms with Crippen LogP contribution in [0.15, 0.2) is 36.8 Å². The molecule has 0 saturated heterocycles. The van der Waals surface area contributed by atoms with E-state index in [0.29, 0.717) is 5.69 Å². The zero-order valence-corrected chi connectivity index (χ0v) is 8.30. The summed E-state index contributed by atoms with van der Waals surface area (Å²) < 4.78 is 18.1. The number of hydrogen-bond donors (Lipinski definition) is 1. The van der Waals surface area contributed by atoms with Gasteiger partial charge in [0.05, 0.1) is 11.9 Å². The number of rotatable bonds is 3. The van der Waals surface area contributed by atoms with Gasteiger partial charge in [0.15, 0.2) is 0 Å². The van der Waals surface area contributed by atoms with Crippen molar-refractivity contribution >= 4 is 0 Å². The summed E-state index contributed by atoms with van der Waals surface area (Å²) in [5, 5.41) is 9.14. The zero-order chi connectivity index (χ0) is 11.4. The Morgan fingerprint density at radius 2 is 2.12 bits per heavy atom. The van der Waals surface area contributed by atoms with Crippen LogP contribution in [0.2, 0.25) is 0 Å². The number of nitrogens with zero attached hydrogens (tertiary/aromatic N) is 2. The number of phenolic OH excluding ortho intramolecular Hbond substituents is 1. The first-order valence-corrected chi connectivity index (χ1v) is 4.61. The Hall–Kier alpha value is -2.17. The van der Waals surface area contributed by atoms with E-state index in [-0.39, 0.29) is 18.1 Å². The predicted molar refractivity (Wildman–Crippen MR) is 54.4 cm³/mol. The second-order valence-corrected chi connectivity index (χ2v) is 3.13. The summed E-state index contributed by atoms with van der Waals surface area (Å²) in [6.07, 6.45) is 4.65. The number of halogens is 1. The highest BCUT2D eigenvalue weighted by Crippen LogP contribution is 2.21. The lowest BCUT2D eigenvalue weighted by atomic mass is 10.3. The van der Waals surface area contributed by atoms with Gasteiger partial charge in [-0.2, -0.15) is 0 Å². The molecule has 2 aromatic rings. The van der Waals surface area contributed by atoms with E-state index in [2.05, 4.69) is 9.97 Å². The Balaban J connectivity index is 2.05. The Morgan fingerprint density at radius 1 is 1.25 bits per heavy atom. The van der Waals surface area contributed by atoms with Crippen LogP contribution in [0.1, 0.15) is 5.69 Å². The molecule has 1 N–H and O–H groups in total. The fourth-order valence-corrected chi connectivity index (χ4v) is 1.19. The molecular formula is C11H9FN2O2. The zero-order valence-electron chi connectivity index (χ0n) is 8.30. The highest BCUT2D eigenvalue weighted by atomic mass is 19.1. The summed E-state index contributed by atoms with van der Waals surface area (Å²) in [7, 11) is 0. The van der Waals surface area contributed by atoms with E-state index in [1.807, 2.05) is 0 Å². The smallest absolute Gasteiger partial charge is 0.132 e. The highest BCUT2D eigenvalue weighted by Gasteiger charge is 2.01. The van der Waals surface area contributed by atoms with E-state index in [0.717, 1.165) is 6.07 Å². The van der Waals surface area contributed by atoms with Gasteiger partial charge in [-0.25, -0.2) is 4.39 Å². The number of hydrogen-bond acceptors (Lipinski definition) is 4. The summed E-state index contributed by atoms with van der Waals surface area (Å²) in [6.45, 7) is 0.177. The highest BCUT2D eigenvalue weighted by molar-refractivity contribution is 5.32. The normalized spacial score (nSPS) is 10.1. The third-order valence-corrected chi connectivity index (χ3v) is 1.86. The SMILES string of the molecule is Oc1cc(F)cc(OCc2cnccn2)c1. The van der Waals surface area contributed by atoms with Crippen LogP contribution >= 0.6 is 0 Å². The van der Waals surface area contributed by atoms with Crippen molar-refractivity contribution in [3.05, 3.63) is 48.3 Å². The Bertz CT molecular complexity index is 456.